The summed E-state index contributed by atoms with van der Waals surface area (Å²) in [6, 6.07) is 26.0. The molecule has 204 valence electrons. The van der Waals surface area contributed by atoms with Crippen molar-refractivity contribution >= 4 is 46.9 Å². The van der Waals surface area contributed by atoms with Crippen LogP contribution in [0.4, 0.5) is 5.69 Å². The van der Waals surface area contributed by atoms with Crippen LogP contribution in [-0.4, -0.2) is 31.7 Å². The molecule has 2 N–H and O–H groups in total. The van der Waals surface area contributed by atoms with Crippen molar-refractivity contribution in [3.8, 4) is 17.2 Å². The molecule has 8 nitrogen and oxygen atoms in total. The number of methoxy groups -OCH3 is 1. The number of hydrogen-bond donors (Lipinski definition) is 2. The van der Waals surface area contributed by atoms with Gasteiger partial charge in [-0.05, 0) is 72.3 Å². The third-order valence-electron chi connectivity index (χ3n) is 5.51. The first kappa shape index (κ1) is 28.5. The fraction of sp³-hybridized carbons (Fsp3) is 0.100. The molecule has 4 rings (SSSR count). The fourth-order valence-corrected chi connectivity index (χ4v) is 3.94. The predicted octanol–water partition coefficient (Wildman–Crippen LogP) is 6.36. The van der Waals surface area contributed by atoms with Gasteiger partial charge in [-0.1, -0.05) is 47.5 Å². The highest BCUT2D eigenvalue weighted by Crippen LogP contribution is 2.27. The number of ether oxygens (including phenoxy) is 3. The van der Waals surface area contributed by atoms with E-state index < -0.39 is 0 Å². The van der Waals surface area contributed by atoms with Crippen LogP contribution < -0.4 is 25.0 Å². The van der Waals surface area contributed by atoms with Crippen LogP contribution in [-0.2, 0) is 11.4 Å². The van der Waals surface area contributed by atoms with Gasteiger partial charge in [0.15, 0.2) is 18.1 Å². The Bertz CT molecular complexity index is 1500. The summed E-state index contributed by atoms with van der Waals surface area (Å²) in [5.74, 6) is 0.705. The van der Waals surface area contributed by atoms with Crippen molar-refractivity contribution in [3.05, 3.63) is 118 Å². The number of hydrazone groups is 1. The van der Waals surface area contributed by atoms with Crippen LogP contribution in [0.3, 0.4) is 0 Å². The van der Waals surface area contributed by atoms with Crippen molar-refractivity contribution in [3.63, 3.8) is 0 Å². The Morgan fingerprint density at radius 1 is 0.875 bits per heavy atom. The van der Waals surface area contributed by atoms with Crippen LogP contribution in [0.25, 0.3) is 0 Å². The molecule has 0 saturated carbocycles. The molecule has 2 amide bonds. The van der Waals surface area contributed by atoms with Crippen LogP contribution in [0.15, 0.2) is 96.1 Å². The first-order valence-electron chi connectivity index (χ1n) is 12.1. The molecule has 0 bridgehead atoms. The zero-order valence-electron chi connectivity index (χ0n) is 21.4. The van der Waals surface area contributed by atoms with E-state index >= 15 is 0 Å². The number of carbonyl (C=O) groups excluding carboxylic acids is 2. The van der Waals surface area contributed by atoms with E-state index in [1.165, 1.54) is 13.3 Å². The van der Waals surface area contributed by atoms with Gasteiger partial charge in [-0.15, -0.1) is 0 Å². The largest absolute Gasteiger partial charge is 0.493 e. The van der Waals surface area contributed by atoms with Gasteiger partial charge in [-0.3, -0.25) is 9.59 Å². The van der Waals surface area contributed by atoms with Gasteiger partial charge in [0.05, 0.1) is 13.3 Å². The molecule has 0 heterocycles. The minimum absolute atomic E-state index is 0.187. The van der Waals surface area contributed by atoms with E-state index in [4.69, 9.17) is 37.4 Å². The normalized spacial score (nSPS) is 10.7. The number of rotatable bonds is 11. The Balaban J connectivity index is 1.27. The van der Waals surface area contributed by atoms with E-state index in [9.17, 15) is 9.59 Å². The Morgan fingerprint density at radius 2 is 1.65 bits per heavy atom. The number of nitrogens with one attached hydrogen (secondary N) is 2. The molecule has 40 heavy (non-hydrogen) atoms. The summed E-state index contributed by atoms with van der Waals surface area (Å²) in [4.78, 5) is 24.6. The van der Waals surface area contributed by atoms with Gasteiger partial charge < -0.3 is 19.5 Å². The molecular formula is C30H25Cl2N3O5. The lowest BCUT2D eigenvalue weighted by atomic mass is 10.2. The topological polar surface area (TPSA) is 98.2 Å². The maximum Gasteiger partial charge on any atom is 0.271 e. The lowest BCUT2D eigenvalue weighted by Crippen LogP contribution is -2.20. The molecule has 0 saturated heterocycles. The second kappa shape index (κ2) is 14.0. The summed E-state index contributed by atoms with van der Waals surface area (Å²) in [6.07, 6.45) is 1.47. The summed E-state index contributed by atoms with van der Waals surface area (Å²) >= 11 is 12.1. The van der Waals surface area contributed by atoms with Gasteiger partial charge in [0.2, 0.25) is 0 Å². The minimum atomic E-state index is -0.389. The standard InChI is InChI=1S/C30H25Cl2N3O5/c1-38-28-15-20(7-14-27(28)40-19-29(36)34-24-5-3-2-4-6-24)17-33-35-30(37)21-9-12-25(13-10-21)39-18-22-8-11-23(31)16-26(22)32/h2-17H,18-19H2,1H3,(H,34,36)(H,35,37)/b33-17-. The number of hydrogen-bond acceptors (Lipinski definition) is 6. The van der Waals surface area contributed by atoms with E-state index in [-0.39, 0.29) is 25.0 Å². The Hall–Kier alpha value is -4.53. The molecule has 0 unspecified atom stereocenters. The molecule has 0 aliphatic rings. The first-order valence-corrected chi connectivity index (χ1v) is 12.8. The van der Waals surface area contributed by atoms with Gasteiger partial charge in [0, 0.05) is 26.9 Å². The van der Waals surface area contributed by atoms with Crippen LogP contribution in [0.1, 0.15) is 21.5 Å². The maximum absolute atomic E-state index is 12.5. The number of halogens is 2. The van der Waals surface area contributed by atoms with Crippen molar-refractivity contribution in [1.29, 1.82) is 0 Å². The quantitative estimate of drug-likeness (QED) is 0.159. The number of benzene rings is 4. The maximum atomic E-state index is 12.5. The second-order valence-electron chi connectivity index (χ2n) is 8.36. The Labute approximate surface area is 241 Å². The van der Waals surface area contributed by atoms with E-state index in [1.54, 1.807) is 72.8 Å². The lowest BCUT2D eigenvalue weighted by Gasteiger charge is -2.11. The van der Waals surface area contributed by atoms with Gasteiger partial charge in [0.1, 0.15) is 12.4 Å². The summed E-state index contributed by atoms with van der Waals surface area (Å²) in [6.45, 7) is 0.0769. The molecule has 0 aliphatic carbocycles. The highest BCUT2D eigenvalue weighted by atomic mass is 35.5. The van der Waals surface area contributed by atoms with E-state index in [0.29, 0.717) is 44.1 Å². The average Bonchev–Trinajstić information content (AvgIpc) is 2.96. The van der Waals surface area contributed by atoms with E-state index in [1.807, 2.05) is 18.2 Å². The van der Waals surface area contributed by atoms with Gasteiger partial charge in [-0.2, -0.15) is 5.10 Å². The highest BCUT2D eigenvalue weighted by Gasteiger charge is 2.10. The van der Waals surface area contributed by atoms with Crippen LogP contribution in [0.2, 0.25) is 10.0 Å². The SMILES string of the molecule is COc1cc(/C=N\NC(=O)c2ccc(OCc3ccc(Cl)cc3Cl)cc2)ccc1OCC(=O)Nc1ccccc1. The van der Waals surface area contributed by atoms with Crippen molar-refractivity contribution in [2.24, 2.45) is 5.10 Å². The van der Waals surface area contributed by atoms with Crippen molar-refractivity contribution in [1.82, 2.24) is 5.43 Å². The third kappa shape index (κ3) is 8.23. The molecule has 4 aromatic rings. The van der Waals surface area contributed by atoms with E-state index in [0.717, 1.165) is 5.56 Å². The summed E-state index contributed by atoms with van der Waals surface area (Å²) < 4.78 is 16.7. The number of amides is 2. The van der Waals surface area contributed by atoms with Crippen molar-refractivity contribution in [2.75, 3.05) is 19.0 Å². The number of para-hydroxylation sites is 1. The lowest BCUT2D eigenvalue weighted by molar-refractivity contribution is -0.118. The number of carbonyl (C=O) groups is 2. The van der Waals surface area contributed by atoms with Gasteiger partial charge in [0.25, 0.3) is 11.8 Å². The monoisotopic (exact) mass is 577 g/mol. The molecule has 0 atom stereocenters. The number of nitrogens with zero attached hydrogens (tertiary/aromatic N) is 1. The summed E-state index contributed by atoms with van der Waals surface area (Å²) in [5, 5.41) is 7.84. The molecule has 0 radical (unpaired) electrons. The second-order valence-corrected chi connectivity index (χ2v) is 9.20. The van der Waals surface area contributed by atoms with Crippen LogP contribution in [0, 0.1) is 0 Å². The van der Waals surface area contributed by atoms with Gasteiger partial charge >= 0.3 is 0 Å². The zero-order valence-corrected chi connectivity index (χ0v) is 22.9. The summed E-state index contributed by atoms with van der Waals surface area (Å²) in [7, 11) is 1.49. The molecule has 0 aromatic heterocycles. The highest BCUT2D eigenvalue weighted by molar-refractivity contribution is 6.35. The zero-order chi connectivity index (χ0) is 28.3. The van der Waals surface area contributed by atoms with Crippen LogP contribution in [0.5, 0.6) is 17.2 Å². The Kier molecular flexibility index (Phi) is 9.99. The first-order chi connectivity index (χ1) is 19.4. The molecule has 0 aliphatic heterocycles. The smallest absolute Gasteiger partial charge is 0.271 e. The summed E-state index contributed by atoms with van der Waals surface area (Å²) in [5.41, 5.74) is 5.03. The van der Waals surface area contributed by atoms with Crippen molar-refractivity contribution in [2.45, 2.75) is 6.61 Å². The molecular weight excluding hydrogens is 553 g/mol. The third-order valence-corrected chi connectivity index (χ3v) is 6.10. The van der Waals surface area contributed by atoms with Gasteiger partial charge in [-0.25, -0.2) is 5.43 Å². The Morgan fingerprint density at radius 3 is 2.38 bits per heavy atom. The fourth-order valence-electron chi connectivity index (χ4n) is 3.48. The average molecular weight is 578 g/mol. The van der Waals surface area contributed by atoms with Crippen LogP contribution >= 0.6 is 23.2 Å². The number of anilines is 1. The molecule has 0 spiro atoms. The van der Waals surface area contributed by atoms with Crippen molar-refractivity contribution < 1.29 is 23.8 Å². The minimum Gasteiger partial charge on any atom is -0.493 e. The molecule has 4 aromatic carbocycles. The van der Waals surface area contributed by atoms with E-state index in [2.05, 4.69) is 15.8 Å². The molecule has 0 fully saturated rings. The predicted molar refractivity (Wildman–Crippen MR) is 156 cm³/mol. The molecule has 10 heteroatoms.